The number of nitrogens with one attached hydrogen (secondary N) is 1. The van der Waals surface area contributed by atoms with Crippen LogP contribution in [0.25, 0.3) is 5.69 Å². The van der Waals surface area contributed by atoms with Crippen molar-refractivity contribution in [1.82, 2.24) is 20.1 Å². The van der Waals surface area contributed by atoms with E-state index in [4.69, 9.17) is 0 Å². The first kappa shape index (κ1) is 13.7. The fraction of sp³-hybridized carbons (Fsp3) is 0.429. The Bertz CT molecular complexity index is 563. The number of hydrogen-bond acceptors (Lipinski definition) is 3. The van der Waals surface area contributed by atoms with Gasteiger partial charge in [0.25, 0.3) is 0 Å². The molecule has 0 aliphatic carbocycles. The first-order valence-electron chi connectivity index (χ1n) is 6.52. The molecule has 0 unspecified atom stereocenters. The Hall–Kier alpha value is -1.75. The molecule has 0 aliphatic heterocycles. The quantitative estimate of drug-likeness (QED) is 0.842. The molecular weight excluding hydrogens is 243 g/mol. The monoisotopic (exact) mass is 262 g/mol. The second-order valence-corrected chi connectivity index (χ2v) is 4.53. The lowest BCUT2D eigenvalue weighted by Crippen LogP contribution is -2.17. The Labute approximate surface area is 112 Å². The Morgan fingerprint density at radius 1 is 1.32 bits per heavy atom. The Balaban J connectivity index is 2.39. The number of benzene rings is 1. The minimum Gasteiger partial charge on any atom is -0.312 e. The van der Waals surface area contributed by atoms with Crippen molar-refractivity contribution in [3.63, 3.8) is 0 Å². The van der Waals surface area contributed by atoms with E-state index in [1.54, 1.807) is 10.7 Å². The maximum atomic E-state index is 14.0. The molecule has 1 N–H and O–H groups in total. The van der Waals surface area contributed by atoms with Gasteiger partial charge in [-0.05, 0) is 38.9 Å². The van der Waals surface area contributed by atoms with E-state index in [0.717, 1.165) is 24.5 Å². The lowest BCUT2D eigenvalue weighted by atomic mass is 10.1. The fourth-order valence-corrected chi connectivity index (χ4v) is 2.06. The van der Waals surface area contributed by atoms with Crippen LogP contribution < -0.4 is 5.32 Å². The molecule has 0 aliphatic rings. The van der Waals surface area contributed by atoms with Crippen LogP contribution in [0.15, 0.2) is 18.2 Å². The summed E-state index contributed by atoms with van der Waals surface area (Å²) in [5, 5.41) is 7.55. The van der Waals surface area contributed by atoms with Crippen LogP contribution in [0.2, 0.25) is 0 Å². The molecule has 0 saturated carbocycles. The first-order chi connectivity index (χ1) is 9.13. The second kappa shape index (κ2) is 5.93. The molecule has 19 heavy (non-hydrogen) atoms. The van der Waals surface area contributed by atoms with Crippen LogP contribution in [0, 0.1) is 19.7 Å². The van der Waals surface area contributed by atoms with Crippen molar-refractivity contribution in [3.05, 3.63) is 41.2 Å². The molecule has 0 fully saturated rings. The van der Waals surface area contributed by atoms with E-state index in [0.29, 0.717) is 17.9 Å². The van der Waals surface area contributed by atoms with Crippen LogP contribution in [0.1, 0.15) is 30.6 Å². The van der Waals surface area contributed by atoms with E-state index >= 15 is 0 Å². The molecule has 5 heteroatoms. The van der Waals surface area contributed by atoms with E-state index in [2.05, 4.69) is 22.3 Å². The van der Waals surface area contributed by atoms with Crippen molar-refractivity contribution in [2.24, 2.45) is 0 Å². The van der Waals surface area contributed by atoms with Gasteiger partial charge in [-0.1, -0.05) is 13.0 Å². The van der Waals surface area contributed by atoms with Gasteiger partial charge < -0.3 is 5.32 Å². The van der Waals surface area contributed by atoms with Gasteiger partial charge in [0.05, 0.1) is 5.69 Å². The minimum absolute atomic E-state index is 0.214. The van der Waals surface area contributed by atoms with Crippen LogP contribution in [0.5, 0.6) is 0 Å². The number of aryl methyl sites for hydroxylation is 2. The topological polar surface area (TPSA) is 42.7 Å². The van der Waals surface area contributed by atoms with Gasteiger partial charge in [-0.2, -0.15) is 5.10 Å². The number of rotatable bonds is 5. The van der Waals surface area contributed by atoms with Crippen molar-refractivity contribution < 1.29 is 4.39 Å². The first-order valence-corrected chi connectivity index (χ1v) is 6.52. The molecule has 1 aromatic carbocycles. The van der Waals surface area contributed by atoms with Crippen molar-refractivity contribution >= 4 is 0 Å². The summed E-state index contributed by atoms with van der Waals surface area (Å²) in [5.41, 5.74) is 1.38. The smallest absolute Gasteiger partial charge is 0.148 e. The fourth-order valence-electron chi connectivity index (χ4n) is 2.06. The van der Waals surface area contributed by atoms with Gasteiger partial charge in [0.15, 0.2) is 0 Å². The van der Waals surface area contributed by atoms with Gasteiger partial charge in [0, 0.05) is 12.1 Å². The summed E-state index contributed by atoms with van der Waals surface area (Å²) in [6.07, 6.45) is 1.02. The zero-order chi connectivity index (χ0) is 13.8. The number of hydrogen-bond donors (Lipinski definition) is 1. The zero-order valence-electron chi connectivity index (χ0n) is 11.6. The van der Waals surface area contributed by atoms with Crippen molar-refractivity contribution in [3.8, 4) is 5.69 Å². The molecule has 0 bridgehead atoms. The van der Waals surface area contributed by atoms with E-state index in [1.807, 2.05) is 19.9 Å². The number of aromatic nitrogens is 3. The summed E-state index contributed by atoms with van der Waals surface area (Å²) in [6, 6.07) is 5.04. The highest BCUT2D eigenvalue weighted by Gasteiger charge is 2.13. The largest absolute Gasteiger partial charge is 0.312 e. The molecular formula is C14H19FN4. The van der Waals surface area contributed by atoms with Gasteiger partial charge in [-0.3, -0.25) is 0 Å². The highest BCUT2D eigenvalue weighted by molar-refractivity contribution is 5.41. The highest BCUT2D eigenvalue weighted by atomic mass is 19.1. The molecule has 0 radical (unpaired) electrons. The minimum atomic E-state index is -0.214. The van der Waals surface area contributed by atoms with Gasteiger partial charge in [-0.25, -0.2) is 14.1 Å². The molecule has 0 atom stereocenters. The highest BCUT2D eigenvalue weighted by Crippen LogP contribution is 2.18. The van der Waals surface area contributed by atoms with Gasteiger partial charge in [-0.15, -0.1) is 0 Å². The van der Waals surface area contributed by atoms with Gasteiger partial charge in [0.1, 0.15) is 17.5 Å². The predicted molar refractivity (Wildman–Crippen MR) is 72.8 cm³/mol. The van der Waals surface area contributed by atoms with Crippen molar-refractivity contribution in [2.75, 3.05) is 6.54 Å². The molecule has 102 valence electrons. The van der Waals surface area contributed by atoms with Crippen LogP contribution in [-0.4, -0.2) is 21.3 Å². The third-order valence-corrected chi connectivity index (χ3v) is 2.93. The van der Waals surface area contributed by atoms with E-state index in [1.165, 1.54) is 6.07 Å². The average molecular weight is 262 g/mol. The summed E-state index contributed by atoms with van der Waals surface area (Å²) in [5.74, 6) is 1.24. The maximum absolute atomic E-state index is 14.0. The SMILES string of the molecule is CCCNCc1c(F)cccc1-n1nc(C)nc1C. The molecule has 0 spiro atoms. The van der Waals surface area contributed by atoms with Crippen molar-refractivity contribution in [2.45, 2.75) is 33.7 Å². The lowest BCUT2D eigenvalue weighted by Gasteiger charge is -2.12. The van der Waals surface area contributed by atoms with Gasteiger partial charge in [0.2, 0.25) is 0 Å². The molecule has 2 rings (SSSR count). The normalized spacial score (nSPS) is 10.9. The van der Waals surface area contributed by atoms with Crippen LogP contribution >= 0.6 is 0 Å². The standard InChI is InChI=1S/C14H19FN4/c1-4-8-16-9-12-13(15)6-5-7-14(12)19-11(3)17-10(2)18-19/h5-7,16H,4,8-9H2,1-3H3. The van der Waals surface area contributed by atoms with Crippen molar-refractivity contribution in [1.29, 1.82) is 0 Å². The third kappa shape index (κ3) is 2.98. The summed E-state index contributed by atoms with van der Waals surface area (Å²) >= 11 is 0. The van der Waals surface area contributed by atoms with E-state index < -0.39 is 0 Å². The predicted octanol–water partition coefficient (Wildman–Crippen LogP) is 2.52. The van der Waals surface area contributed by atoms with Crippen LogP contribution in [0.3, 0.4) is 0 Å². The summed E-state index contributed by atoms with van der Waals surface area (Å²) in [4.78, 5) is 4.26. The Morgan fingerprint density at radius 3 is 2.74 bits per heavy atom. The van der Waals surface area contributed by atoms with Crippen LogP contribution in [-0.2, 0) is 6.54 Å². The average Bonchev–Trinajstić information content (AvgIpc) is 2.70. The summed E-state index contributed by atoms with van der Waals surface area (Å²) in [7, 11) is 0. The molecule has 4 nitrogen and oxygen atoms in total. The number of halogens is 1. The zero-order valence-corrected chi connectivity index (χ0v) is 11.6. The molecule has 1 heterocycles. The Morgan fingerprint density at radius 2 is 2.11 bits per heavy atom. The molecule has 2 aromatic rings. The Kier molecular flexibility index (Phi) is 4.27. The summed E-state index contributed by atoms with van der Waals surface area (Å²) in [6.45, 7) is 7.14. The second-order valence-electron chi connectivity index (χ2n) is 4.53. The molecule has 1 aromatic heterocycles. The number of nitrogens with zero attached hydrogens (tertiary/aromatic N) is 3. The third-order valence-electron chi connectivity index (χ3n) is 2.93. The maximum Gasteiger partial charge on any atom is 0.148 e. The molecule has 0 saturated heterocycles. The van der Waals surface area contributed by atoms with Gasteiger partial charge >= 0.3 is 0 Å². The van der Waals surface area contributed by atoms with E-state index in [9.17, 15) is 4.39 Å². The summed E-state index contributed by atoms with van der Waals surface area (Å²) < 4.78 is 15.7. The van der Waals surface area contributed by atoms with Crippen LogP contribution in [0.4, 0.5) is 4.39 Å². The van der Waals surface area contributed by atoms with E-state index in [-0.39, 0.29) is 5.82 Å². The molecule has 0 amide bonds. The lowest BCUT2D eigenvalue weighted by molar-refractivity contribution is 0.581.